The molecule has 0 bridgehead atoms. The van der Waals surface area contributed by atoms with Crippen LogP contribution >= 0.6 is 0 Å². The highest BCUT2D eigenvalue weighted by Crippen LogP contribution is 2.34. The van der Waals surface area contributed by atoms with Crippen LogP contribution in [0.15, 0.2) is 55.1 Å². The molecule has 2 aromatic rings. The van der Waals surface area contributed by atoms with E-state index in [2.05, 4.69) is 19.6 Å². The van der Waals surface area contributed by atoms with Gasteiger partial charge in [0, 0.05) is 0 Å². The van der Waals surface area contributed by atoms with Crippen LogP contribution in [0.2, 0.25) is 0 Å². The lowest BCUT2D eigenvalue weighted by Crippen LogP contribution is -2.15. The van der Waals surface area contributed by atoms with Gasteiger partial charge in [0.25, 0.3) is 0 Å². The van der Waals surface area contributed by atoms with E-state index >= 15 is 0 Å². The molecule has 1 aliphatic carbocycles. The van der Waals surface area contributed by atoms with Gasteiger partial charge in [-0.2, -0.15) is 5.26 Å². The number of rotatable bonds is 15. The first-order valence-electron chi connectivity index (χ1n) is 14.2. The first kappa shape index (κ1) is 28.5. The van der Waals surface area contributed by atoms with Crippen molar-refractivity contribution in [3.63, 3.8) is 0 Å². The number of nitrogens with zero attached hydrogens (tertiary/aromatic N) is 1. The molecule has 0 unspecified atom stereocenters. The van der Waals surface area contributed by atoms with Crippen molar-refractivity contribution in [1.29, 1.82) is 5.26 Å². The van der Waals surface area contributed by atoms with Gasteiger partial charge in [-0.15, -0.1) is 6.58 Å². The molecule has 1 fully saturated rings. The zero-order chi connectivity index (χ0) is 26.3. The molecule has 0 aliphatic heterocycles. The second-order valence-electron chi connectivity index (χ2n) is 10.4. The number of carbonyl (C=O) groups is 1. The van der Waals surface area contributed by atoms with Gasteiger partial charge in [-0.05, 0) is 85.9 Å². The average molecular weight is 502 g/mol. The van der Waals surface area contributed by atoms with Crippen LogP contribution in [0.25, 0.3) is 0 Å². The number of nitriles is 1. The molecule has 0 aromatic heterocycles. The van der Waals surface area contributed by atoms with E-state index in [1.807, 2.05) is 18.2 Å². The summed E-state index contributed by atoms with van der Waals surface area (Å²) in [6.07, 6.45) is 17.9. The Labute approximate surface area is 223 Å². The third-order valence-electron chi connectivity index (χ3n) is 7.55. The van der Waals surface area contributed by atoms with Crippen molar-refractivity contribution in [3.05, 3.63) is 71.8 Å². The molecule has 0 heterocycles. The number of esters is 1. The Morgan fingerprint density at radius 3 is 2.41 bits per heavy atom. The fraction of sp³-hybridized carbons (Fsp3) is 0.515. The highest BCUT2D eigenvalue weighted by atomic mass is 16.5. The Kier molecular flexibility index (Phi) is 12.3. The lowest BCUT2D eigenvalue weighted by atomic mass is 9.78. The Bertz CT molecular complexity index is 1010. The standard InChI is InChI=1S/C33H43NO3/c1-3-5-7-9-23-36-31-20-18-29(19-21-31)33(35)37-32-22-17-28(24-30(32)25-34)16-15-27-13-11-26(12-14-27)10-8-6-4-2/h3,17-22,24,26-27H,1,4-16,23H2,2H3. The summed E-state index contributed by atoms with van der Waals surface area (Å²) in [5.74, 6) is 2.27. The van der Waals surface area contributed by atoms with Crippen LogP contribution in [0.4, 0.5) is 0 Å². The average Bonchev–Trinajstić information content (AvgIpc) is 2.93. The van der Waals surface area contributed by atoms with Crippen molar-refractivity contribution >= 4 is 5.97 Å². The second kappa shape index (κ2) is 15.9. The molecular formula is C33H43NO3. The highest BCUT2D eigenvalue weighted by Gasteiger charge is 2.21. The van der Waals surface area contributed by atoms with E-state index in [4.69, 9.17) is 9.47 Å². The number of ether oxygens (including phenoxy) is 2. The van der Waals surface area contributed by atoms with Gasteiger partial charge in [-0.1, -0.05) is 70.4 Å². The van der Waals surface area contributed by atoms with E-state index in [-0.39, 0.29) is 0 Å². The van der Waals surface area contributed by atoms with E-state index in [0.717, 1.165) is 55.3 Å². The van der Waals surface area contributed by atoms with Crippen molar-refractivity contribution in [1.82, 2.24) is 0 Å². The van der Waals surface area contributed by atoms with Crippen LogP contribution < -0.4 is 9.47 Å². The van der Waals surface area contributed by atoms with E-state index in [1.54, 1.807) is 30.3 Å². The number of hydrogen-bond donors (Lipinski definition) is 0. The van der Waals surface area contributed by atoms with Crippen LogP contribution in [-0.4, -0.2) is 12.6 Å². The van der Waals surface area contributed by atoms with Crippen LogP contribution in [0.1, 0.15) is 105 Å². The minimum atomic E-state index is -0.475. The van der Waals surface area contributed by atoms with E-state index in [9.17, 15) is 10.1 Å². The van der Waals surface area contributed by atoms with Gasteiger partial charge >= 0.3 is 5.97 Å². The molecule has 0 N–H and O–H groups in total. The molecule has 0 amide bonds. The predicted octanol–water partition coefficient (Wildman–Crippen LogP) is 8.83. The molecule has 0 saturated heterocycles. The minimum Gasteiger partial charge on any atom is -0.494 e. The van der Waals surface area contributed by atoms with Crippen molar-refractivity contribution in [3.8, 4) is 17.6 Å². The maximum absolute atomic E-state index is 12.7. The summed E-state index contributed by atoms with van der Waals surface area (Å²) < 4.78 is 11.3. The first-order chi connectivity index (χ1) is 18.1. The van der Waals surface area contributed by atoms with Gasteiger partial charge in [0.2, 0.25) is 0 Å². The molecular weight excluding hydrogens is 458 g/mol. The zero-order valence-corrected chi connectivity index (χ0v) is 22.6. The summed E-state index contributed by atoms with van der Waals surface area (Å²) in [5, 5.41) is 9.67. The van der Waals surface area contributed by atoms with Gasteiger partial charge in [-0.3, -0.25) is 0 Å². The molecule has 3 rings (SSSR count). The summed E-state index contributed by atoms with van der Waals surface area (Å²) in [7, 11) is 0. The molecule has 1 aliphatic rings. The summed E-state index contributed by atoms with van der Waals surface area (Å²) in [6, 6.07) is 14.8. The summed E-state index contributed by atoms with van der Waals surface area (Å²) in [6.45, 7) is 6.63. The van der Waals surface area contributed by atoms with Crippen LogP contribution in [0, 0.1) is 23.2 Å². The van der Waals surface area contributed by atoms with Crippen LogP contribution in [-0.2, 0) is 6.42 Å². The molecule has 1 saturated carbocycles. The molecule has 0 spiro atoms. The van der Waals surface area contributed by atoms with Gasteiger partial charge in [0.1, 0.15) is 17.6 Å². The highest BCUT2D eigenvalue weighted by molar-refractivity contribution is 5.91. The monoisotopic (exact) mass is 501 g/mol. The maximum Gasteiger partial charge on any atom is 0.343 e. The van der Waals surface area contributed by atoms with E-state index < -0.39 is 5.97 Å². The van der Waals surface area contributed by atoms with Crippen molar-refractivity contribution in [2.45, 2.75) is 90.4 Å². The first-order valence-corrected chi connectivity index (χ1v) is 14.2. The SMILES string of the molecule is C=CCCCCOc1ccc(C(=O)Oc2ccc(CCC3CCC(CCCCC)CC3)cc2C#N)cc1. The second-order valence-corrected chi connectivity index (χ2v) is 10.4. The Hall–Kier alpha value is -3.06. The minimum absolute atomic E-state index is 0.311. The van der Waals surface area contributed by atoms with Gasteiger partial charge in [0.05, 0.1) is 17.7 Å². The zero-order valence-electron chi connectivity index (χ0n) is 22.6. The lowest BCUT2D eigenvalue weighted by Gasteiger charge is -2.28. The number of aryl methyl sites for hydroxylation is 1. The number of allylic oxidation sites excluding steroid dienone is 1. The van der Waals surface area contributed by atoms with Gasteiger partial charge in [-0.25, -0.2) is 4.79 Å². The molecule has 37 heavy (non-hydrogen) atoms. The largest absolute Gasteiger partial charge is 0.494 e. The molecule has 0 radical (unpaired) electrons. The smallest absolute Gasteiger partial charge is 0.343 e. The number of hydrogen-bond acceptors (Lipinski definition) is 4. The predicted molar refractivity (Wildman–Crippen MR) is 150 cm³/mol. The summed E-state index contributed by atoms with van der Waals surface area (Å²) in [5.41, 5.74) is 1.97. The van der Waals surface area contributed by atoms with Gasteiger partial charge in [0.15, 0.2) is 0 Å². The third kappa shape index (κ3) is 9.73. The fourth-order valence-corrected chi connectivity index (χ4v) is 5.20. The molecule has 198 valence electrons. The topological polar surface area (TPSA) is 59.3 Å². The Morgan fingerprint density at radius 1 is 1.00 bits per heavy atom. The van der Waals surface area contributed by atoms with Gasteiger partial charge < -0.3 is 9.47 Å². The Balaban J connectivity index is 1.46. The molecule has 4 nitrogen and oxygen atoms in total. The number of unbranched alkanes of at least 4 members (excludes halogenated alkanes) is 4. The molecule has 0 atom stereocenters. The van der Waals surface area contributed by atoms with Crippen LogP contribution in [0.3, 0.4) is 0 Å². The number of carbonyl (C=O) groups excluding carboxylic acids is 1. The van der Waals surface area contributed by atoms with E-state index in [1.165, 1.54) is 51.4 Å². The summed E-state index contributed by atoms with van der Waals surface area (Å²) >= 11 is 0. The Morgan fingerprint density at radius 2 is 1.73 bits per heavy atom. The quantitative estimate of drug-likeness (QED) is 0.106. The molecule has 2 aromatic carbocycles. The third-order valence-corrected chi connectivity index (χ3v) is 7.55. The van der Waals surface area contributed by atoms with Crippen molar-refractivity contribution in [2.75, 3.05) is 6.61 Å². The van der Waals surface area contributed by atoms with Crippen LogP contribution in [0.5, 0.6) is 11.5 Å². The number of benzene rings is 2. The maximum atomic E-state index is 12.7. The normalized spacial score (nSPS) is 17.1. The van der Waals surface area contributed by atoms with Crippen molar-refractivity contribution in [2.24, 2.45) is 11.8 Å². The van der Waals surface area contributed by atoms with Crippen molar-refractivity contribution < 1.29 is 14.3 Å². The lowest BCUT2D eigenvalue weighted by molar-refractivity contribution is 0.0734. The molecule has 4 heteroatoms. The summed E-state index contributed by atoms with van der Waals surface area (Å²) in [4.78, 5) is 12.7. The van der Waals surface area contributed by atoms with E-state index in [0.29, 0.717) is 23.5 Å². The fourth-order valence-electron chi connectivity index (χ4n) is 5.20.